The topological polar surface area (TPSA) is 191 Å². The summed E-state index contributed by atoms with van der Waals surface area (Å²) in [7, 11) is 0. The first-order chi connectivity index (χ1) is 16.3. The lowest BCUT2D eigenvalue weighted by atomic mass is 10.0. The van der Waals surface area contributed by atoms with E-state index in [0.717, 1.165) is 0 Å². The number of phenols is 1. The van der Waals surface area contributed by atoms with E-state index in [9.17, 15) is 33.9 Å². The zero-order chi connectivity index (χ0) is 26.7. The molecular formula is C23H32N4O8. The number of aliphatic carboxylic acids is 1. The molecule has 12 heteroatoms. The van der Waals surface area contributed by atoms with Gasteiger partial charge in [-0.2, -0.15) is 0 Å². The van der Waals surface area contributed by atoms with Gasteiger partial charge in [0.2, 0.25) is 23.6 Å². The highest BCUT2D eigenvalue weighted by molar-refractivity contribution is 5.94. The Hall–Kier alpha value is -3.96. The first kappa shape index (κ1) is 29.1. The standard InChI is InChI=1S/C23H32N4O8/c1-12(2)20(23(35)24-13(3)21(33)26-16(11-28)10-19(31)32)27-22(34)18(25-14(4)29)9-15-5-7-17(30)8-6-15/h5-8,11-13,16,18,20,30H,9-10H2,1-4H3,(H,24,35)(H,25,29)(H,26,33)(H,27,34)(H,31,32)/t13-,16+,18+,20-/m0/s1. The van der Waals surface area contributed by atoms with Gasteiger partial charge in [0.05, 0.1) is 12.5 Å². The van der Waals surface area contributed by atoms with Gasteiger partial charge in [-0.1, -0.05) is 26.0 Å². The third-order valence-corrected chi connectivity index (χ3v) is 4.96. The van der Waals surface area contributed by atoms with Gasteiger partial charge < -0.3 is 36.3 Å². The molecule has 1 rings (SSSR count). The van der Waals surface area contributed by atoms with Crippen LogP contribution in [-0.4, -0.2) is 70.3 Å². The van der Waals surface area contributed by atoms with Crippen molar-refractivity contribution in [3.63, 3.8) is 0 Å². The number of carbonyl (C=O) groups is 6. The zero-order valence-corrected chi connectivity index (χ0v) is 20.0. The Morgan fingerprint density at radius 3 is 1.97 bits per heavy atom. The summed E-state index contributed by atoms with van der Waals surface area (Å²) in [5, 5.41) is 28.0. The molecule has 192 valence electrons. The fraction of sp³-hybridized carbons (Fsp3) is 0.478. The number of carboxylic acids is 1. The number of aldehydes is 1. The number of hydrogen-bond acceptors (Lipinski definition) is 7. The first-order valence-corrected chi connectivity index (χ1v) is 11.0. The van der Waals surface area contributed by atoms with E-state index in [4.69, 9.17) is 5.11 Å². The molecule has 1 aromatic carbocycles. The van der Waals surface area contributed by atoms with Crippen molar-refractivity contribution in [1.29, 1.82) is 0 Å². The van der Waals surface area contributed by atoms with E-state index >= 15 is 0 Å². The fourth-order valence-electron chi connectivity index (χ4n) is 3.11. The van der Waals surface area contributed by atoms with Crippen LogP contribution in [-0.2, 0) is 35.2 Å². The number of hydrogen-bond donors (Lipinski definition) is 6. The largest absolute Gasteiger partial charge is 0.508 e. The number of phenolic OH excluding ortho intramolecular Hbond substituents is 1. The van der Waals surface area contributed by atoms with Crippen molar-refractivity contribution in [2.75, 3.05) is 0 Å². The predicted molar refractivity (Wildman–Crippen MR) is 124 cm³/mol. The number of amides is 4. The maximum atomic E-state index is 12.9. The smallest absolute Gasteiger partial charge is 0.305 e. The van der Waals surface area contributed by atoms with Gasteiger partial charge in [0.15, 0.2) is 0 Å². The van der Waals surface area contributed by atoms with E-state index in [-0.39, 0.29) is 18.5 Å². The molecule has 0 bridgehead atoms. The van der Waals surface area contributed by atoms with E-state index in [1.807, 2.05) is 0 Å². The zero-order valence-electron chi connectivity index (χ0n) is 20.0. The minimum Gasteiger partial charge on any atom is -0.508 e. The summed E-state index contributed by atoms with van der Waals surface area (Å²) in [5.41, 5.74) is 0.665. The second-order valence-corrected chi connectivity index (χ2v) is 8.43. The normalized spacial score (nSPS) is 14.1. The highest BCUT2D eigenvalue weighted by Crippen LogP contribution is 2.12. The van der Waals surface area contributed by atoms with Crippen LogP contribution in [0.15, 0.2) is 24.3 Å². The quantitative estimate of drug-likeness (QED) is 0.194. The van der Waals surface area contributed by atoms with Crippen molar-refractivity contribution < 1.29 is 39.0 Å². The molecule has 0 saturated carbocycles. The molecule has 0 spiro atoms. The predicted octanol–water partition coefficient (Wildman–Crippen LogP) is -0.757. The van der Waals surface area contributed by atoms with Crippen LogP contribution in [0.25, 0.3) is 0 Å². The lowest BCUT2D eigenvalue weighted by molar-refractivity contribution is -0.139. The Morgan fingerprint density at radius 1 is 0.886 bits per heavy atom. The molecule has 6 N–H and O–H groups in total. The van der Waals surface area contributed by atoms with Crippen LogP contribution in [0.2, 0.25) is 0 Å². The van der Waals surface area contributed by atoms with Gasteiger partial charge in [0.1, 0.15) is 30.2 Å². The Morgan fingerprint density at radius 2 is 1.49 bits per heavy atom. The summed E-state index contributed by atoms with van der Waals surface area (Å²) < 4.78 is 0. The molecule has 0 aliphatic carbocycles. The first-order valence-electron chi connectivity index (χ1n) is 11.0. The van der Waals surface area contributed by atoms with Crippen molar-refractivity contribution >= 4 is 35.9 Å². The third kappa shape index (κ3) is 10.2. The summed E-state index contributed by atoms with van der Waals surface area (Å²) in [4.78, 5) is 71.4. The van der Waals surface area contributed by atoms with Crippen LogP contribution in [0.4, 0.5) is 0 Å². The Bertz CT molecular complexity index is 932. The van der Waals surface area contributed by atoms with Crippen molar-refractivity contribution in [1.82, 2.24) is 21.3 Å². The van der Waals surface area contributed by atoms with E-state index in [2.05, 4.69) is 21.3 Å². The number of nitrogens with one attached hydrogen (secondary N) is 4. The van der Waals surface area contributed by atoms with E-state index in [0.29, 0.717) is 5.56 Å². The van der Waals surface area contributed by atoms with Crippen LogP contribution in [0.1, 0.15) is 39.7 Å². The van der Waals surface area contributed by atoms with Crippen molar-refractivity contribution in [3.05, 3.63) is 29.8 Å². The average molecular weight is 493 g/mol. The molecule has 1 aromatic rings. The molecule has 0 unspecified atom stereocenters. The Labute approximate surface area is 202 Å². The highest BCUT2D eigenvalue weighted by Gasteiger charge is 2.30. The van der Waals surface area contributed by atoms with Crippen LogP contribution in [0.5, 0.6) is 5.75 Å². The second kappa shape index (κ2) is 13.7. The molecule has 0 radical (unpaired) electrons. The fourth-order valence-corrected chi connectivity index (χ4v) is 3.11. The average Bonchev–Trinajstić information content (AvgIpc) is 2.76. The summed E-state index contributed by atoms with van der Waals surface area (Å²) in [5.74, 6) is -4.14. The van der Waals surface area contributed by atoms with Gasteiger partial charge in [0.25, 0.3) is 0 Å². The molecule has 0 aromatic heterocycles. The molecule has 4 amide bonds. The Kier molecular flexibility index (Phi) is 11.4. The van der Waals surface area contributed by atoms with Crippen LogP contribution >= 0.6 is 0 Å². The van der Waals surface area contributed by atoms with Gasteiger partial charge in [-0.05, 0) is 30.5 Å². The number of carbonyl (C=O) groups excluding carboxylic acids is 5. The van der Waals surface area contributed by atoms with Gasteiger partial charge in [-0.3, -0.25) is 24.0 Å². The Balaban J connectivity index is 2.88. The molecule has 12 nitrogen and oxygen atoms in total. The minimum absolute atomic E-state index is 0.0476. The van der Waals surface area contributed by atoms with Gasteiger partial charge in [-0.15, -0.1) is 0 Å². The number of rotatable bonds is 13. The molecular weight excluding hydrogens is 460 g/mol. The minimum atomic E-state index is -1.28. The molecule has 0 heterocycles. The number of benzene rings is 1. The molecule has 0 saturated heterocycles. The highest BCUT2D eigenvalue weighted by atomic mass is 16.4. The molecule has 0 fully saturated rings. The van der Waals surface area contributed by atoms with E-state index in [1.54, 1.807) is 26.0 Å². The van der Waals surface area contributed by atoms with Crippen molar-refractivity contribution in [2.45, 2.75) is 64.7 Å². The lowest BCUT2D eigenvalue weighted by Crippen LogP contribution is -2.58. The third-order valence-electron chi connectivity index (χ3n) is 4.96. The maximum absolute atomic E-state index is 12.9. The van der Waals surface area contributed by atoms with Crippen LogP contribution in [0.3, 0.4) is 0 Å². The monoisotopic (exact) mass is 492 g/mol. The van der Waals surface area contributed by atoms with E-state index < -0.39 is 66.1 Å². The van der Waals surface area contributed by atoms with Gasteiger partial charge in [-0.25, -0.2) is 0 Å². The van der Waals surface area contributed by atoms with Gasteiger partial charge >= 0.3 is 5.97 Å². The lowest BCUT2D eigenvalue weighted by Gasteiger charge is -2.26. The summed E-state index contributed by atoms with van der Waals surface area (Å²) in [6.45, 7) is 5.96. The van der Waals surface area contributed by atoms with Gasteiger partial charge in [0, 0.05) is 13.3 Å². The molecule has 4 atom stereocenters. The van der Waals surface area contributed by atoms with Crippen molar-refractivity contribution in [3.8, 4) is 5.75 Å². The molecule has 0 aliphatic heterocycles. The summed E-state index contributed by atoms with van der Waals surface area (Å²) in [6, 6.07) is 1.65. The van der Waals surface area contributed by atoms with Crippen LogP contribution in [0, 0.1) is 5.92 Å². The molecule has 0 aliphatic rings. The van der Waals surface area contributed by atoms with Crippen molar-refractivity contribution in [2.24, 2.45) is 5.92 Å². The van der Waals surface area contributed by atoms with Crippen LogP contribution < -0.4 is 21.3 Å². The SMILES string of the molecule is CC(=O)N[C@H](Cc1ccc(O)cc1)C(=O)N[C@H](C(=O)N[C@@H](C)C(=O)N[C@@H](C=O)CC(=O)O)C(C)C. The number of carboxylic acid groups (broad SMARTS) is 1. The molecule has 35 heavy (non-hydrogen) atoms. The summed E-state index contributed by atoms with van der Waals surface area (Å²) >= 11 is 0. The van der Waals surface area contributed by atoms with E-state index in [1.165, 1.54) is 26.0 Å². The summed E-state index contributed by atoms with van der Waals surface area (Å²) in [6.07, 6.45) is -0.215. The number of aromatic hydroxyl groups is 1. The maximum Gasteiger partial charge on any atom is 0.305 e. The second-order valence-electron chi connectivity index (χ2n) is 8.43.